The second kappa shape index (κ2) is 5.65. The predicted molar refractivity (Wildman–Crippen MR) is 82.2 cm³/mol. The Labute approximate surface area is 130 Å². The molecule has 118 valence electrons. The van der Waals surface area contributed by atoms with Crippen LogP contribution in [0.5, 0.6) is 0 Å². The Bertz CT molecular complexity index is 638. The number of nitrogens with one attached hydrogen (secondary N) is 1. The van der Waals surface area contributed by atoms with E-state index in [2.05, 4.69) is 5.32 Å². The van der Waals surface area contributed by atoms with Crippen LogP contribution in [-0.2, 0) is 9.05 Å². The second-order valence-corrected chi connectivity index (χ2v) is 9.11. The van der Waals surface area contributed by atoms with Crippen LogP contribution in [0.4, 0.5) is 0 Å². The summed E-state index contributed by atoms with van der Waals surface area (Å²) in [6, 6.07) is 1.53. The number of amides is 1. The third-order valence-electron chi connectivity index (χ3n) is 3.54. The van der Waals surface area contributed by atoms with Gasteiger partial charge in [0.05, 0.1) is 0 Å². The Hall–Kier alpha value is -1.01. The molecule has 1 saturated carbocycles. The molecule has 0 aromatic carbocycles. The maximum absolute atomic E-state index is 12.4. The molecule has 1 N–H and O–H groups in total. The first kappa shape index (κ1) is 16.4. The number of hydrogen-bond acceptors (Lipinski definition) is 3. The Balaban J connectivity index is 2.42. The molecule has 2 rings (SSSR count). The van der Waals surface area contributed by atoms with Crippen LogP contribution in [-0.4, -0.2) is 24.4 Å². The number of rotatable bonds is 3. The quantitative estimate of drug-likeness (QED) is 0.865. The molecule has 1 amide bonds. The van der Waals surface area contributed by atoms with E-state index in [-0.39, 0.29) is 22.4 Å². The predicted octanol–water partition coefficient (Wildman–Crippen LogP) is 3.06. The summed E-state index contributed by atoms with van der Waals surface area (Å²) < 4.78 is 24.9. The summed E-state index contributed by atoms with van der Waals surface area (Å²) in [7, 11) is 1.58. The zero-order chi connectivity index (χ0) is 15.8. The van der Waals surface area contributed by atoms with Crippen molar-refractivity contribution in [3.05, 3.63) is 18.0 Å². The fourth-order valence-corrected chi connectivity index (χ4v) is 3.40. The van der Waals surface area contributed by atoms with Gasteiger partial charge in [-0.3, -0.25) is 4.79 Å². The van der Waals surface area contributed by atoms with Gasteiger partial charge in [-0.25, -0.2) is 8.42 Å². The monoisotopic (exact) mass is 332 g/mol. The number of carbonyl (C=O) groups excluding carboxylic acids is 1. The smallest absolute Gasteiger partial charge is 0.268 e. The maximum Gasteiger partial charge on any atom is 0.268 e. The molecule has 0 bridgehead atoms. The lowest BCUT2D eigenvalue weighted by Gasteiger charge is -2.22. The van der Waals surface area contributed by atoms with Crippen LogP contribution in [0.3, 0.4) is 0 Å². The highest BCUT2D eigenvalue weighted by Crippen LogP contribution is 2.33. The van der Waals surface area contributed by atoms with E-state index >= 15 is 0 Å². The lowest BCUT2D eigenvalue weighted by Crippen LogP contribution is -2.41. The van der Waals surface area contributed by atoms with E-state index in [4.69, 9.17) is 10.7 Å². The lowest BCUT2D eigenvalue weighted by atomic mass is 10.1. The van der Waals surface area contributed by atoms with E-state index in [0.717, 1.165) is 25.7 Å². The third-order valence-corrected chi connectivity index (χ3v) is 4.87. The van der Waals surface area contributed by atoms with Gasteiger partial charge in [-0.15, -0.1) is 0 Å². The maximum atomic E-state index is 12.4. The van der Waals surface area contributed by atoms with Gasteiger partial charge in [-0.2, -0.15) is 0 Å². The highest BCUT2D eigenvalue weighted by atomic mass is 35.7. The molecular weight excluding hydrogens is 312 g/mol. The first-order valence-corrected chi connectivity index (χ1v) is 9.38. The van der Waals surface area contributed by atoms with E-state index in [1.165, 1.54) is 12.3 Å². The molecule has 21 heavy (non-hydrogen) atoms. The Morgan fingerprint density at radius 2 is 1.90 bits per heavy atom. The minimum absolute atomic E-state index is 0.0184. The zero-order valence-corrected chi connectivity index (χ0v) is 14.1. The van der Waals surface area contributed by atoms with Crippen LogP contribution in [0.1, 0.15) is 63.0 Å². The molecule has 1 aliphatic rings. The van der Waals surface area contributed by atoms with E-state index in [1.807, 2.05) is 20.8 Å². The van der Waals surface area contributed by atoms with Crippen LogP contribution in [0.2, 0.25) is 0 Å². The van der Waals surface area contributed by atoms with E-state index < -0.39 is 9.05 Å². The van der Waals surface area contributed by atoms with Gasteiger partial charge in [0, 0.05) is 28.5 Å². The van der Waals surface area contributed by atoms with Crippen molar-refractivity contribution >= 4 is 25.6 Å². The number of aromatic nitrogens is 1. The van der Waals surface area contributed by atoms with Gasteiger partial charge in [-0.05, 0) is 39.7 Å². The van der Waals surface area contributed by atoms with Crippen molar-refractivity contribution in [3.8, 4) is 0 Å². The molecular formula is C14H21ClN2O3S. The molecule has 7 heteroatoms. The molecule has 0 unspecified atom stereocenters. The Kier molecular flexibility index (Phi) is 4.40. The molecule has 1 aromatic rings. The van der Waals surface area contributed by atoms with Gasteiger partial charge in [0.15, 0.2) is 0 Å². The molecule has 1 fully saturated rings. The summed E-state index contributed by atoms with van der Waals surface area (Å²) in [6.45, 7) is 5.65. The van der Waals surface area contributed by atoms with E-state index in [0.29, 0.717) is 5.69 Å². The lowest BCUT2D eigenvalue weighted by molar-refractivity contribution is 0.0908. The fourth-order valence-electron chi connectivity index (χ4n) is 2.66. The third kappa shape index (κ3) is 4.01. The van der Waals surface area contributed by atoms with Crippen LogP contribution in [0, 0.1) is 0 Å². The van der Waals surface area contributed by atoms with Crippen LogP contribution < -0.4 is 5.32 Å². The summed E-state index contributed by atoms with van der Waals surface area (Å²) in [5.41, 5.74) is -0.0296. The SMILES string of the molecule is CC(C)(C)NC(=O)c1cc(S(=O)(=O)Cl)cn1C1CCCC1. The van der Waals surface area contributed by atoms with Crippen LogP contribution in [0.25, 0.3) is 0 Å². The van der Waals surface area contributed by atoms with Gasteiger partial charge in [-0.1, -0.05) is 12.8 Å². The topological polar surface area (TPSA) is 68.2 Å². The highest BCUT2D eigenvalue weighted by Gasteiger charge is 2.27. The van der Waals surface area contributed by atoms with Crippen LogP contribution in [0.15, 0.2) is 17.2 Å². The summed E-state index contributed by atoms with van der Waals surface area (Å²) >= 11 is 0. The standard InChI is InChI=1S/C14H21ClN2O3S/c1-14(2,3)16-13(18)12-8-11(21(15,19)20)9-17(12)10-6-4-5-7-10/h8-10H,4-7H2,1-3H3,(H,16,18). The summed E-state index contributed by atoms with van der Waals surface area (Å²) in [5.74, 6) is -0.277. The average Bonchev–Trinajstić information content (AvgIpc) is 2.94. The highest BCUT2D eigenvalue weighted by molar-refractivity contribution is 8.13. The Morgan fingerprint density at radius 1 is 1.33 bits per heavy atom. The first-order chi connectivity index (χ1) is 9.58. The molecule has 1 aliphatic carbocycles. The minimum atomic E-state index is -3.84. The van der Waals surface area contributed by atoms with Gasteiger partial charge >= 0.3 is 0 Å². The van der Waals surface area contributed by atoms with Gasteiger partial charge in [0.25, 0.3) is 15.0 Å². The summed E-state index contributed by atoms with van der Waals surface area (Å²) in [6.07, 6.45) is 5.56. The van der Waals surface area contributed by atoms with Crippen molar-refractivity contribution in [1.29, 1.82) is 0 Å². The van der Waals surface area contributed by atoms with Crippen molar-refractivity contribution in [2.45, 2.75) is 62.9 Å². The van der Waals surface area contributed by atoms with Crippen molar-refractivity contribution in [2.24, 2.45) is 0 Å². The number of carbonyl (C=O) groups is 1. The molecule has 0 aliphatic heterocycles. The molecule has 1 aromatic heterocycles. The number of hydrogen-bond donors (Lipinski definition) is 1. The molecule has 0 spiro atoms. The summed E-state index contributed by atoms with van der Waals surface area (Å²) in [5, 5.41) is 2.87. The van der Waals surface area contributed by atoms with Gasteiger partial charge in [0.2, 0.25) is 0 Å². The largest absolute Gasteiger partial charge is 0.346 e. The molecule has 5 nitrogen and oxygen atoms in total. The Morgan fingerprint density at radius 3 is 2.38 bits per heavy atom. The average molecular weight is 333 g/mol. The molecule has 0 saturated heterocycles. The van der Waals surface area contributed by atoms with Crippen molar-refractivity contribution in [3.63, 3.8) is 0 Å². The normalized spacial score (nSPS) is 17.1. The van der Waals surface area contributed by atoms with Crippen molar-refractivity contribution in [2.75, 3.05) is 0 Å². The van der Waals surface area contributed by atoms with Crippen molar-refractivity contribution in [1.82, 2.24) is 9.88 Å². The van der Waals surface area contributed by atoms with Crippen molar-refractivity contribution < 1.29 is 13.2 Å². The minimum Gasteiger partial charge on any atom is -0.346 e. The first-order valence-electron chi connectivity index (χ1n) is 7.07. The number of nitrogens with zero attached hydrogens (tertiary/aromatic N) is 1. The summed E-state index contributed by atoms with van der Waals surface area (Å²) in [4.78, 5) is 12.4. The van der Waals surface area contributed by atoms with Gasteiger partial charge < -0.3 is 9.88 Å². The molecule has 1 heterocycles. The molecule has 0 radical (unpaired) electrons. The van der Waals surface area contributed by atoms with Gasteiger partial charge in [0.1, 0.15) is 10.6 Å². The fraction of sp³-hybridized carbons (Fsp3) is 0.643. The molecule has 0 atom stereocenters. The second-order valence-electron chi connectivity index (χ2n) is 6.55. The van der Waals surface area contributed by atoms with E-state index in [9.17, 15) is 13.2 Å². The van der Waals surface area contributed by atoms with E-state index in [1.54, 1.807) is 4.57 Å². The zero-order valence-electron chi connectivity index (χ0n) is 12.5. The number of halogens is 1. The van der Waals surface area contributed by atoms with Crippen LogP contribution >= 0.6 is 10.7 Å².